The van der Waals surface area contributed by atoms with Gasteiger partial charge in [0.05, 0.1) is 0 Å². The molecule has 0 radical (unpaired) electrons. The Bertz CT molecular complexity index is 1230. The van der Waals surface area contributed by atoms with E-state index in [0.717, 1.165) is 17.2 Å². The monoisotopic (exact) mass is 433 g/mol. The molecule has 0 aliphatic rings. The van der Waals surface area contributed by atoms with Crippen molar-refractivity contribution in [2.75, 3.05) is 17.6 Å². The number of hydrogen-bond acceptors (Lipinski definition) is 5. The zero-order valence-corrected chi connectivity index (χ0v) is 17.8. The maximum absolute atomic E-state index is 13.6. The second-order valence-corrected chi connectivity index (χ2v) is 7.88. The van der Waals surface area contributed by atoms with E-state index in [9.17, 15) is 9.59 Å². The first kappa shape index (κ1) is 21.0. The van der Waals surface area contributed by atoms with Crippen LogP contribution >= 0.6 is 12.6 Å². The van der Waals surface area contributed by atoms with E-state index in [2.05, 4.69) is 30.1 Å². The van der Waals surface area contributed by atoms with Crippen LogP contribution in [0.5, 0.6) is 0 Å². The SMILES string of the molecule is O=C(O)CNc1cc(C(=O)C(CS)CCc2ccccc2)c2c(c1)oc1ccccc12. The number of aryl methyl sites for hydroxylation is 1. The molecule has 1 aromatic heterocycles. The average molecular weight is 434 g/mol. The first-order chi connectivity index (χ1) is 15.1. The van der Waals surface area contributed by atoms with Gasteiger partial charge in [0.2, 0.25) is 0 Å². The number of aliphatic carboxylic acids is 1. The fraction of sp³-hybridized carbons (Fsp3) is 0.200. The summed E-state index contributed by atoms with van der Waals surface area (Å²) in [6.07, 6.45) is 1.46. The fourth-order valence-electron chi connectivity index (χ4n) is 3.84. The molecule has 1 atom stereocenters. The summed E-state index contributed by atoms with van der Waals surface area (Å²) < 4.78 is 5.97. The van der Waals surface area contributed by atoms with E-state index >= 15 is 0 Å². The van der Waals surface area contributed by atoms with Gasteiger partial charge >= 0.3 is 5.97 Å². The van der Waals surface area contributed by atoms with Crippen molar-refractivity contribution < 1.29 is 19.1 Å². The van der Waals surface area contributed by atoms with E-state index in [1.807, 2.05) is 42.5 Å². The second-order valence-electron chi connectivity index (χ2n) is 7.51. The summed E-state index contributed by atoms with van der Waals surface area (Å²) in [5, 5.41) is 13.5. The number of rotatable bonds is 9. The number of Topliss-reactive ketones (excluding diaryl/α,β-unsaturated/α-hetero) is 1. The topological polar surface area (TPSA) is 79.5 Å². The lowest BCUT2D eigenvalue weighted by molar-refractivity contribution is -0.134. The third kappa shape index (κ3) is 4.59. The molecule has 0 bridgehead atoms. The predicted molar refractivity (Wildman–Crippen MR) is 126 cm³/mol. The highest BCUT2D eigenvalue weighted by Crippen LogP contribution is 2.35. The van der Waals surface area contributed by atoms with Gasteiger partial charge in [-0.2, -0.15) is 12.6 Å². The number of hydrogen-bond donors (Lipinski definition) is 3. The lowest BCUT2D eigenvalue weighted by Crippen LogP contribution is -2.18. The van der Waals surface area contributed by atoms with Crippen LogP contribution in [0.3, 0.4) is 0 Å². The summed E-state index contributed by atoms with van der Waals surface area (Å²) in [6.45, 7) is -0.247. The van der Waals surface area contributed by atoms with Gasteiger partial charge in [0.25, 0.3) is 0 Å². The molecular formula is C25H23NO4S. The van der Waals surface area contributed by atoms with Crippen molar-refractivity contribution in [1.29, 1.82) is 0 Å². The van der Waals surface area contributed by atoms with Crippen LogP contribution in [0.4, 0.5) is 5.69 Å². The van der Waals surface area contributed by atoms with Crippen molar-refractivity contribution in [3.8, 4) is 0 Å². The molecule has 0 fully saturated rings. The molecule has 6 heteroatoms. The Kier molecular flexibility index (Phi) is 6.28. The van der Waals surface area contributed by atoms with E-state index in [-0.39, 0.29) is 18.2 Å². The Balaban J connectivity index is 1.73. The summed E-state index contributed by atoms with van der Waals surface area (Å²) in [7, 11) is 0. The number of nitrogens with one attached hydrogen (secondary N) is 1. The molecule has 0 amide bonds. The number of anilines is 1. The van der Waals surface area contributed by atoms with Crippen LogP contribution in [-0.4, -0.2) is 29.2 Å². The fourth-order valence-corrected chi connectivity index (χ4v) is 4.19. The van der Waals surface area contributed by atoms with Gasteiger partial charge in [-0.1, -0.05) is 48.5 Å². The number of carboxylic acids is 1. The molecule has 3 aromatic carbocycles. The van der Waals surface area contributed by atoms with Gasteiger partial charge in [0.1, 0.15) is 17.7 Å². The molecule has 1 heterocycles. The van der Waals surface area contributed by atoms with Crippen molar-refractivity contribution in [2.24, 2.45) is 5.92 Å². The Morgan fingerprint density at radius 1 is 1.00 bits per heavy atom. The minimum Gasteiger partial charge on any atom is -0.480 e. The second kappa shape index (κ2) is 9.27. The van der Waals surface area contributed by atoms with Crippen molar-refractivity contribution in [2.45, 2.75) is 12.8 Å². The van der Waals surface area contributed by atoms with Gasteiger partial charge in [0, 0.05) is 39.8 Å². The number of thiol groups is 1. The minimum absolute atomic E-state index is 0.0125. The van der Waals surface area contributed by atoms with Crippen LogP contribution in [0.15, 0.2) is 71.1 Å². The molecule has 0 saturated heterocycles. The molecule has 0 aliphatic carbocycles. The van der Waals surface area contributed by atoms with Gasteiger partial charge in [-0.25, -0.2) is 0 Å². The zero-order chi connectivity index (χ0) is 21.8. The average Bonchev–Trinajstić information content (AvgIpc) is 3.16. The van der Waals surface area contributed by atoms with Crippen LogP contribution in [0.2, 0.25) is 0 Å². The molecule has 4 rings (SSSR count). The number of para-hydroxylation sites is 1. The number of carbonyl (C=O) groups excluding carboxylic acids is 1. The Hall–Kier alpha value is -3.25. The third-order valence-electron chi connectivity index (χ3n) is 5.40. The Morgan fingerprint density at radius 3 is 2.48 bits per heavy atom. The van der Waals surface area contributed by atoms with Gasteiger partial charge in [-0.3, -0.25) is 9.59 Å². The van der Waals surface area contributed by atoms with Crippen LogP contribution in [0.25, 0.3) is 21.9 Å². The quantitative estimate of drug-likeness (QED) is 0.242. The minimum atomic E-state index is -0.978. The molecule has 2 N–H and O–H groups in total. The van der Waals surface area contributed by atoms with Gasteiger partial charge < -0.3 is 14.8 Å². The first-order valence-electron chi connectivity index (χ1n) is 10.2. The summed E-state index contributed by atoms with van der Waals surface area (Å²) in [5.41, 5.74) is 3.49. The first-order valence-corrected chi connectivity index (χ1v) is 10.8. The van der Waals surface area contributed by atoms with Crippen molar-refractivity contribution in [1.82, 2.24) is 0 Å². The predicted octanol–water partition coefficient (Wildman–Crippen LogP) is 5.44. The summed E-state index contributed by atoms with van der Waals surface area (Å²) in [5.74, 6) is -0.833. The Morgan fingerprint density at radius 2 is 1.74 bits per heavy atom. The maximum atomic E-state index is 13.6. The molecular weight excluding hydrogens is 410 g/mol. The molecule has 31 heavy (non-hydrogen) atoms. The lowest BCUT2D eigenvalue weighted by Gasteiger charge is -2.15. The number of carbonyl (C=O) groups is 2. The summed E-state index contributed by atoms with van der Waals surface area (Å²) in [6, 6.07) is 21.1. The highest BCUT2D eigenvalue weighted by molar-refractivity contribution is 7.80. The van der Waals surface area contributed by atoms with Crippen molar-refractivity contribution in [3.05, 3.63) is 77.9 Å². The molecule has 0 aliphatic heterocycles. The van der Waals surface area contributed by atoms with Crippen molar-refractivity contribution >= 4 is 52.0 Å². The number of carboxylic acid groups (broad SMARTS) is 1. The van der Waals surface area contributed by atoms with Crippen LogP contribution in [-0.2, 0) is 11.2 Å². The van der Waals surface area contributed by atoms with Crippen LogP contribution in [0, 0.1) is 5.92 Å². The standard InChI is InChI=1S/C25H23NO4S/c27-23(28)14-26-18-12-20(24-19-8-4-5-9-21(19)30-22(24)13-18)25(29)17(15-31)11-10-16-6-2-1-3-7-16/h1-9,12-13,17,26,31H,10-11,14-15H2,(H,27,28). The zero-order valence-electron chi connectivity index (χ0n) is 16.9. The van der Waals surface area contributed by atoms with Crippen LogP contribution in [0.1, 0.15) is 22.3 Å². The Labute approximate surface area is 185 Å². The maximum Gasteiger partial charge on any atom is 0.322 e. The number of benzene rings is 3. The van der Waals surface area contributed by atoms with E-state index in [4.69, 9.17) is 9.52 Å². The molecule has 4 aromatic rings. The highest BCUT2D eigenvalue weighted by Gasteiger charge is 2.24. The van der Waals surface area contributed by atoms with E-state index in [1.165, 1.54) is 5.56 Å². The molecule has 0 saturated carbocycles. The van der Waals surface area contributed by atoms with Gasteiger partial charge in [-0.05, 0) is 30.5 Å². The summed E-state index contributed by atoms with van der Waals surface area (Å²) >= 11 is 4.46. The highest BCUT2D eigenvalue weighted by atomic mass is 32.1. The molecule has 5 nitrogen and oxygen atoms in total. The largest absolute Gasteiger partial charge is 0.480 e. The number of ketones is 1. The summed E-state index contributed by atoms with van der Waals surface area (Å²) in [4.78, 5) is 24.6. The van der Waals surface area contributed by atoms with E-state index in [0.29, 0.717) is 34.6 Å². The lowest BCUT2D eigenvalue weighted by atomic mass is 9.90. The normalized spacial score (nSPS) is 12.2. The van der Waals surface area contributed by atoms with Crippen molar-refractivity contribution in [3.63, 3.8) is 0 Å². The van der Waals surface area contributed by atoms with E-state index < -0.39 is 5.97 Å². The van der Waals surface area contributed by atoms with E-state index in [1.54, 1.807) is 12.1 Å². The third-order valence-corrected chi connectivity index (χ3v) is 5.84. The van der Waals surface area contributed by atoms with Gasteiger partial charge in [0.15, 0.2) is 5.78 Å². The molecule has 0 spiro atoms. The van der Waals surface area contributed by atoms with Crippen LogP contribution < -0.4 is 5.32 Å². The number of furan rings is 1. The molecule has 1 unspecified atom stereocenters. The van der Waals surface area contributed by atoms with Gasteiger partial charge in [-0.15, -0.1) is 0 Å². The molecule has 158 valence electrons. The number of fused-ring (bicyclic) bond motifs is 3. The smallest absolute Gasteiger partial charge is 0.322 e.